The number of nitrogens with zero attached hydrogens (tertiary/aromatic N) is 3. The Kier molecular flexibility index (Phi) is 3.58. The van der Waals surface area contributed by atoms with Crippen LogP contribution in [0.3, 0.4) is 0 Å². The van der Waals surface area contributed by atoms with E-state index in [1.54, 1.807) is 11.3 Å². The number of benzene rings is 1. The van der Waals surface area contributed by atoms with Crippen molar-refractivity contribution in [2.24, 2.45) is 0 Å². The Hall–Kier alpha value is -3.00. The molecule has 0 saturated carbocycles. The SMILES string of the molecule is Cc1nc(NCc2n[nH]c(=O)[nH]2)c2c(-c3ccccc3)csc2n1. The van der Waals surface area contributed by atoms with Crippen molar-refractivity contribution in [2.45, 2.75) is 13.5 Å². The molecule has 3 aromatic heterocycles. The van der Waals surface area contributed by atoms with Crippen LogP contribution in [-0.4, -0.2) is 25.1 Å². The summed E-state index contributed by atoms with van der Waals surface area (Å²) in [7, 11) is 0. The molecule has 0 radical (unpaired) electrons. The van der Waals surface area contributed by atoms with Gasteiger partial charge in [0.05, 0.1) is 11.9 Å². The molecule has 0 aliphatic heterocycles. The van der Waals surface area contributed by atoms with Crippen LogP contribution in [0.5, 0.6) is 0 Å². The van der Waals surface area contributed by atoms with E-state index in [2.05, 4.69) is 48.0 Å². The molecule has 0 amide bonds. The van der Waals surface area contributed by atoms with Crippen molar-refractivity contribution >= 4 is 27.4 Å². The molecule has 24 heavy (non-hydrogen) atoms. The second-order valence-corrected chi connectivity index (χ2v) is 6.15. The molecule has 0 bridgehead atoms. The average molecular weight is 338 g/mol. The molecule has 7 nitrogen and oxygen atoms in total. The number of aromatic amines is 2. The minimum Gasteiger partial charge on any atom is -0.362 e. The van der Waals surface area contributed by atoms with E-state index in [1.807, 2.05) is 25.1 Å². The first-order valence-corrected chi connectivity index (χ1v) is 8.27. The van der Waals surface area contributed by atoms with Gasteiger partial charge in [0.1, 0.15) is 22.3 Å². The monoisotopic (exact) mass is 338 g/mol. The Labute approximate surface area is 140 Å². The van der Waals surface area contributed by atoms with E-state index in [-0.39, 0.29) is 5.69 Å². The Morgan fingerprint density at radius 3 is 2.79 bits per heavy atom. The third-order valence-corrected chi connectivity index (χ3v) is 4.48. The van der Waals surface area contributed by atoms with Crippen LogP contribution < -0.4 is 11.0 Å². The van der Waals surface area contributed by atoms with Crippen LogP contribution in [0.2, 0.25) is 0 Å². The van der Waals surface area contributed by atoms with E-state index in [4.69, 9.17) is 0 Å². The highest BCUT2D eigenvalue weighted by molar-refractivity contribution is 7.17. The number of hydrogen-bond acceptors (Lipinski definition) is 6. The van der Waals surface area contributed by atoms with Crippen LogP contribution >= 0.6 is 11.3 Å². The molecule has 0 saturated heterocycles. The zero-order valence-corrected chi connectivity index (χ0v) is 13.6. The lowest BCUT2D eigenvalue weighted by Crippen LogP contribution is -2.06. The van der Waals surface area contributed by atoms with Crippen LogP contribution in [0.4, 0.5) is 5.82 Å². The Bertz CT molecular complexity index is 1050. The standard InChI is InChI=1S/C16H14N6OS/c1-9-18-14(17-7-12-20-16(23)22-21-12)13-11(8-24-15(13)19-9)10-5-3-2-4-6-10/h2-6,8H,7H2,1H3,(H,17,18,19)(H2,20,21,22,23). The van der Waals surface area contributed by atoms with Crippen LogP contribution in [0.15, 0.2) is 40.5 Å². The fraction of sp³-hybridized carbons (Fsp3) is 0.125. The minimum atomic E-state index is -0.323. The van der Waals surface area contributed by atoms with Gasteiger partial charge >= 0.3 is 5.69 Å². The van der Waals surface area contributed by atoms with Crippen molar-refractivity contribution in [3.63, 3.8) is 0 Å². The highest BCUT2D eigenvalue weighted by Crippen LogP contribution is 2.36. The van der Waals surface area contributed by atoms with Gasteiger partial charge in [0, 0.05) is 10.9 Å². The van der Waals surface area contributed by atoms with Gasteiger partial charge in [-0.1, -0.05) is 30.3 Å². The lowest BCUT2D eigenvalue weighted by atomic mass is 10.1. The second kappa shape index (κ2) is 5.89. The Balaban J connectivity index is 1.78. The normalized spacial score (nSPS) is 11.0. The topological polar surface area (TPSA) is 99.4 Å². The number of rotatable bonds is 4. The van der Waals surface area contributed by atoms with Gasteiger partial charge in [-0.15, -0.1) is 11.3 Å². The molecule has 0 spiro atoms. The summed E-state index contributed by atoms with van der Waals surface area (Å²) in [5.74, 6) is 1.96. The van der Waals surface area contributed by atoms with Crippen LogP contribution in [0.25, 0.3) is 21.3 Å². The summed E-state index contributed by atoms with van der Waals surface area (Å²) in [6, 6.07) is 10.1. The molecular weight excluding hydrogens is 324 g/mol. The number of hydrogen-bond donors (Lipinski definition) is 3. The number of thiophene rings is 1. The molecule has 3 heterocycles. The Morgan fingerprint density at radius 1 is 1.21 bits per heavy atom. The van der Waals surface area contributed by atoms with Gasteiger partial charge in [0.15, 0.2) is 0 Å². The van der Waals surface area contributed by atoms with Crippen molar-refractivity contribution in [3.05, 3.63) is 57.8 Å². The van der Waals surface area contributed by atoms with E-state index in [0.717, 1.165) is 27.2 Å². The third kappa shape index (κ3) is 2.67. The molecule has 0 aliphatic rings. The molecule has 0 atom stereocenters. The molecule has 8 heteroatoms. The molecule has 4 rings (SSSR count). The summed E-state index contributed by atoms with van der Waals surface area (Å²) in [5.41, 5.74) is 1.89. The largest absolute Gasteiger partial charge is 0.362 e. The molecule has 1 aromatic carbocycles. The van der Waals surface area contributed by atoms with Gasteiger partial charge < -0.3 is 5.32 Å². The summed E-state index contributed by atoms with van der Waals surface area (Å²) in [6.07, 6.45) is 0. The van der Waals surface area contributed by atoms with Gasteiger partial charge in [0.25, 0.3) is 0 Å². The quantitative estimate of drug-likeness (QED) is 0.531. The van der Waals surface area contributed by atoms with E-state index in [9.17, 15) is 4.79 Å². The summed E-state index contributed by atoms with van der Waals surface area (Å²) in [4.78, 5) is 23.8. The number of H-pyrrole nitrogens is 2. The fourth-order valence-corrected chi connectivity index (χ4v) is 3.56. The second-order valence-electron chi connectivity index (χ2n) is 5.29. The number of aryl methyl sites for hydroxylation is 1. The van der Waals surface area contributed by atoms with E-state index < -0.39 is 0 Å². The van der Waals surface area contributed by atoms with Crippen molar-refractivity contribution in [3.8, 4) is 11.1 Å². The molecule has 0 unspecified atom stereocenters. The highest BCUT2D eigenvalue weighted by atomic mass is 32.1. The van der Waals surface area contributed by atoms with Crippen LogP contribution in [0.1, 0.15) is 11.6 Å². The van der Waals surface area contributed by atoms with Crippen molar-refractivity contribution < 1.29 is 0 Å². The van der Waals surface area contributed by atoms with Gasteiger partial charge in [-0.05, 0) is 12.5 Å². The van der Waals surface area contributed by atoms with Crippen LogP contribution in [-0.2, 0) is 6.54 Å². The molecular formula is C16H14N6OS. The minimum absolute atomic E-state index is 0.323. The fourth-order valence-electron chi connectivity index (χ4n) is 2.56. The average Bonchev–Trinajstić information content (AvgIpc) is 3.19. The van der Waals surface area contributed by atoms with E-state index in [0.29, 0.717) is 18.2 Å². The first-order valence-electron chi connectivity index (χ1n) is 7.39. The van der Waals surface area contributed by atoms with E-state index in [1.165, 1.54) is 0 Å². The van der Waals surface area contributed by atoms with Crippen molar-refractivity contribution in [1.82, 2.24) is 25.1 Å². The number of fused-ring (bicyclic) bond motifs is 1. The highest BCUT2D eigenvalue weighted by Gasteiger charge is 2.14. The molecule has 3 N–H and O–H groups in total. The van der Waals surface area contributed by atoms with Crippen LogP contribution in [0, 0.1) is 6.92 Å². The predicted octanol–water partition coefficient (Wildman–Crippen LogP) is 2.69. The van der Waals surface area contributed by atoms with E-state index >= 15 is 0 Å². The predicted molar refractivity (Wildman–Crippen MR) is 94.1 cm³/mol. The van der Waals surface area contributed by atoms with Crippen molar-refractivity contribution in [1.29, 1.82) is 0 Å². The maximum Gasteiger partial charge on any atom is 0.340 e. The van der Waals surface area contributed by atoms with Crippen molar-refractivity contribution in [2.75, 3.05) is 5.32 Å². The zero-order chi connectivity index (χ0) is 16.5. The van der Waals surface area contributed by atoms with Gasteiger partial charge in [-0.25, -0.2) is 19.9 Å². The molecule has 0 aliphatic carbocycles. The maximum absolute atomic E-state index is 11.1. The summed E-state index contributed by atoms with van der Waals surface area (Å²) >= 11 is 1.59. The summed E-state index contributed by atoms with van der Waals surface area (Å²) in [5, 5.41) is 12.6. The van der Waals surface area contributed by atoms with Gasteiger partial charge in [-0.2, -0.15) is 5.10 Å². The zero-order valence-electron chi connectivity index (χ0n) is 12.8. The summed E-state index contributed by atoms with van der Waals surface area (Å²) in [6.45, 7) is 2.23. The van der Waals surface area contributed by atoms with Gasteiger partial charge in [0.2, 0.25) is 0 Å². The maximum atomic E-state index is 11.1. The lowest BCUT2D eigenvalue weighted by Gasteiger charge is -2.08. The van der Waals surface area contributed by atoms with Gasteiger partial charge in [-0.3, -0.25) is 4.98 Å². The molecule has 120 valence electrons. The lowest BCUT2D eigenvalue weighted by molar-refractivity contribution is 0.943. The first-order chi connectivity index (χ1) is 11.7. The smallest absolute Gasteiger partial charge is 0.340 e. The summed E-state index contributed by atoms with van der Waals surface area (Å²) < 4.78 is 0. The molecule has 4 aromatic rings. The molecule has 0 fully saturated rings. The first kappa shape index (κ1) is 14.6. The number of nitrogens with one attached hydrogen (secondary N) is 3. The number of anilines is 1. The Morgan fingerprint density at radius 2 is 2.04 bits per heavy atom. The number of aromatic nitrogens is 5. The third-order valence-electron chi connectivity index (χ3n) is 3.60.